The molecule has 0 radical (unpaired) electrons. The molecule has 0 spiro atoms. The van der Waals surface area contributed by atoms with E-state index in [0.717, 1.165) is 0 Å². The van der Waals surface area contributed by atoms with Crippen LogP contribution in [0.4, 0.5) is 0 Å². The van der Waals surface area contributed by atoms with E-state index in [1.165, 1.54) is 4.40 Å². The lowest BCUT2D eigenvalue weighted by molar-refractivity contribution is 0.0686. The average Bonchev–Trinajstić information content (AvgIpc) is 2.57. The van der Waals surface area contributed by atoms with E-state index in [2.05, 4.69) is 4.98 Å². The van der Waals surface area contributed by atoms with Gasteiger partial charge in [0.1, 0.15) is 0 Å². The van der Waals surface area contributed by atoms with Gasteiger partial charge >= 0.3 is 5.97 Å². The first kappa shape index (κ1) is 11.9. The number of hydrogen-bond acceptors (Lipinski definition) is 2. The summed E-state index contributed by atoms with van der Waals surface area (Å²) < 4.78 is 1.52. The SMILES string of the molecule is CC(C)(C)c1nc2c(Cl)cccn2c1C(=O)O. The number of aromatic carboxylic acids is 1. The van der Waals surface area contributed by atoms with E-state index in [0.29, 0.717) is 16.4 Å². The Hall–Kier alpha value is -1.55. The minimum atomic E-state index is -0.996. The number of rotatable bonds is 1. The predicted molar refractivity (Wildman–Crippen MR) is 65.9 cm³/mol. The number of carboxylic acids is 1. The van der Waals surface area contributed by atoms with Crippen LogP contribution in [0, 0.1) is 0 Å². The number of carbonyl (C=O) groups is 1. The van der Waals surface area contributed by atoms with Crippen LogP contribution in [0.3, 0.4) is 0 Å². The van der Waals surface area contributed by atoms with Gasteiger partial charge in [-0.1, -0.05) is 32.4 Å². The maximum Gasteiger partial charge on any atom is 0.354 e. The second-order valence-electron chi connectivity index (χ2n) is 4.91. The van der Waals surface area contributed by atoms with E-state index in [1.54, 1.807) is 18.3 Å². The topological polar surface area (TPSA) is 54.6 Å². The molecular formula is C12H13ClN2O2. The molecule has 2 heterocycles. The Labute approximate surface area is 104 Å². The smallest absolute Gasteiger partial charge is 0.354 e. The van der Waals surface area contributed by atoms with E-state index in [1.807, 2.05) is 20.8 Å². The Kier molecular flexibility index (Phi) is 2.62. The van der Waals surface area contributed by atoms with Gasteiger partial charge in [-0.3, -0.25) is 4.40 Å². The molecule has 1 N–H and O–H groups in total. The lowest BCUT2D eigenvalue weighted by Crippen LogP contribution is -2.17. The van der Waals surface area contributed by atoms with Crippen molar-refractivity contribution in [1.29, 1.82) is 0 Å². The second kappa shape index (κ2) is 3.74. The average molecular weight is 253 g/mol. The van der Waals surface area contributed by atoms with Crippen LogP contribution >= 0.6 is 11.6 Å². The van der Waals surface area contributed by atoms with Gasteiger partial charge in [-0.25, -0.2) is 9.78 Å². The first-order valence-corrected chi connectivity index (χ1v) is 5.60. The van der Waals surface area contributed by atoms with E-state index < -0.39 is 5.97 Å². The molecule has 5 heteroatoms. The largest absolute Gasteiger partial charge is 0.477 e. The van der Waals surface area contributed by atoms with Crippen molar-refractivity contribution >= 4 is 23.2 Å². The Balaban J connectivity index is 2.90. The van der Waals surface area contributed by atoms with Gasteiger partial charge < -0.3 is 5.11 Å². The minimum Gasteiger partial charge on any atom is -0.477 e. The van der Waals surface area contributed by atoms with Crippen molar-refractivity contribution in [3.05, 3.63) is 34.7 Å². The summed E-state index contributed by atoms with van der Waals surface area (Å²) in [6, 6.07) is 3.40. The first-order chi connectivity index (χ1) is 7.82. The fourth-order valence-corrected chi connectivity index (χ4v) is 1.97. The Morgan fingerprint density at radius 2 is 2.12 bits per heavy atom. The zero-order valence-electron chi connectivity index (χ0n) is 9.86. The van der Waals surface area contributed by atoms with Gasteiger partial charge in [-0.05, 0) is 12.1 Å². The van der Waals surface area contributed by atoms with Gasteiger partial charge in [0.2, 0.25) is 0 Å². The highest BCUT2D eigenvalue weighted by Crippen LogP contribution is 2.28. The fraction of sp³-hybridized carbons (Fsp3) is 0.333. The van der Waals surface area contributed by atoms with Gasteiger partial charge in [0.25, 0.3) is 0 Å². The van der Waals surface area contributed by atoms with Crippen molar-refractivity contribution < 1.29 is 9.90 Å². The van der Waals surface area contributed by atoms with E-state index >= 15 is 0 Å². The quantitative estimate of drug-likeness (QED) is 0.849. The van der Waals surface area contributed by atoms with Crippen LogP contribution in [-0.2, 0) is 5.41 Å². The molecule has 0 aliphatic heterocycles. The molecule has 0 saturated carbocycles. The highest BCUT2D eigenvalue weighted by Gasteiger charge is 2.28. The van der Waals surface area contributed by atoms with Crippen molar-refractivity contribution in [3.8, 4) is 0 Å². The third-order valence-electron chi connectivity index (χ3n) is 2.52. The third kappa shape index (κ3) is 1.89. The van der Waals surface area contributed by atoms with Gasteiger partial charge in [0.05, 0.1) is 10.7 Å². The molecule has 17 heavy (non-hydrogen) atoms. The highest BCUT2D eigenvalue weighted by atomic mass is 35.5. The molecule has 0 aliphatic carbocycles. The van der Waals surface area contributed by atoms with Crippen molar-refractivity contribution in [2.75, 3.05) is 0 Å². The molecule has 2 rings (SSSR count). The van der Waals surface area contributed by atoms with Crippen LogP contribution in [0.5, 0.6) is 0 Å². The number of hydrogen-bond donors (Lipinski definition) is 1. The number of aromatic nitrogens is 2. The summed E-state index contributed by atoms with van der Waals surface area (Å²) in [5.41, 5.74) is 0.855. The van der Waals surface area contributed by atoms with Gasteiger partial charge in [-0.15, -0.1) is 0 Å². The fourth-order valence-electron chi connectivity index (χ4n) is 1.76. The van der Waals surface area contributed by atoms with Crippen LogP contribution < -0.4 is 0 Å². The Bertz CT molecular complexity index is 596. The highest BCUT2D eigenvalue weighted by molar-refractivity contribution is 6.33. The molecule has 0 atom stereocenters. The maximum atomic E-state index is 11.4. The molecule has 2 aromatic rings. The summed E-state index contributed by atoms with van der Waals surface area (Å²) in [7, 11) is 0. The van der Waals surface area contributed by atoms with Gasteiger partial charge in [0.15, 0.2) is 11.3 Å². The van der Waals surface area contributed by atoms with Crippen LogP contribution in [0.2, 0.25) is 5.02 Å². The molecular weight excluding hydrogens is 240 g/mol. The Morgan fingerprint density at radius 3 is 2.65 bits per heavy atom. The summed E-state index contributed by atoms with van der Waals surface area (Å²) in [6.07, 6.45) is 1.66. The first-order valence-electron chi connectivity index (χ1n) is 5.22. The maximum absolute atomic E-state index is 11.4. The number of nitrogens with zero attached hydrogens (tertiary/aromatic N) is 2. The second-order valence-corrected chi connectivity index (χ2v) is 5.32. The molecule has 0 aromatic carbocycles. The zero-order valence-corrected chi connectivity index (χ0v) is 10.6. The number of carboxylic acid groups (broad SMARTS) is 1. The third-order valence-corrected chi connectivity index (χ3v) is 2.81. The summed E-state index contributed by atoms with van der Waals surface area (Å²) in [5, 5.41) is 9.75. The van der Waals surface area contributed by atoms with E-state index in [9.17, 15) is 9.90 Å². The molecule has 0 fully saturated rings. The lowest BCUT2D eigenvalue weighted by Gasteiger charge is -2.16. The van der Waals surface area contributed by atoms with Crippen LogP contribution in [0.15, 0.2) is 18.3 Å². The minimum absolute atomic E-state index is 0.176. The number of imidazole rings is 1. The molecule has 0 bridgehead atoms. The normalized spacial score (nSPS) is 12.0. The molecule has 0 unspecified atom stereocenters. The van der Waals surface area contributed by atoms with Crippen LogP contribution in [0.25, 0.3) is 5.65 Å². The zero-order chi connectivity index (χ0) is 12.8. The van der Waals surface area contributed by atoms with Crippen molar-refractivity contribution in [2.24, 2.45) is 0 Å². The monoisotopic (exact) mass is 252 g/mol. The van der Waals surface area contributed by atoms with Crippen molar-refractivity contribution in [3.63, 3.8) is 0 Å². The molecule has 0 amide bonds. The number of fused-ring (bicyclic) bond motifs is 1. The van der Waals surface area contributed by atoms with E-state index in [-0.39, 0.29) is 11.1 Å². The standard InChI is InChI=1S/C12H13ClN2O2/c1-12(2,3)9-8(11(16)17)15-6-4-5-7(13)10(15)14-9/h4-6H,1-3H3,(H,16,17). The van der Waals surface area contributed by atoms with Gasteiger partial charge in [0, 0.05) is 11.6 Å². The molecule has 0 aliphatic rings. The number of pyridine rings is 1. The number of halogens is 1. The Morgan fingerprint density at radius 1 is 1.47 bits per heavy atom. The van der Waals surface area contributed by atoms with Crippen molar-refractivity contribution in [2.45, 2.75) is 26.2 Å². The summed E-state index contributed by atoms with van der Waals surface area (Å²) >= 11 is 6.02. The molecule has 2 aromatic heterocycles. The van der Waals surface area contributed by atoms with E-state index in [4.69, 9.17) is 11.6 Å². The summed E-state index contributed by atoms with van der Waals surface area (Å²) in [6.45, 7) is 5.78. The van der Waals surface area contributed by atoms with Gasteiger partial charge in [-0.2, -0.15) is 0 Å². The van der Waals surface area contributed by atoms with Crippen molar-refractivity contribution in [1.82, 2.24) is 9.38 Å². The van der Waals surface area contributed by atoms with Crippen LogP contribution in [0.1, 0.15) is 37.0 Å². The lowest BCUT2D eigenvalue weighted by atomic mass is 9.91. The summed E-state index contributed by atoms with van der Waals surface area (Å²) in [5.74, 6) is -0.996. The molecule has 0 saturated heterocycles. The predicted octanol–water partition coefficient (Wildman–Crippen LogP) is 2.98. The molecule has 4 nitrogen and oxygen atoms in total. The summed E-state index contributed by atoms with van der Waals surface area (Å²) in [4.78, 5) is 15.7. The molecule has 90 valence electrons. The van der Waals surface area contributed by atoms with Crippen LogP contribution in [-0.4, -0.2) is 20.5 Å².